The van der Waals surface area contributed by atoms with E-state index in [9.17, 15) is 8.42 Å². The average Bonchev–Trinajstić information content (AvgIpc) is 2.80. The van der Waals surface area contributed by atoms with Crippen molar-refractivity contribution >= 4 is 32.8 Å². The van der Waals surface area contributed by atoms with Crippen molar-refractivity contribution in [2.24, 2.45) is 5.14 Å². The molecule has 0 amide bonds. The highest BCUT2D eigenvalue weighted by Gasteiger charge is 2.14. The Morgan fingerprint density at radius 3 is 2.74 bits per heavy atom. The lowest BCUT2D eigenvalue weighted by Crippen LogP contribution is -2.11. The van der Waals surface area contributed by atoms with E-state index in [0.717, 1.165) is 35.8 Å². The number of nitrogens with zero attached hydrogens (tertiary/aromatic N) is 2. The lowest BCUT2D eigenvalue weighted by Gasteiger charge is -2.07. The predicted molar refractivity (Wildman–Crippen MR) is 96.2 cm³/mol. The van der Waals surface area contributed by atoms with Crippen LogP contribution >= 0.6 is 11.8 Å². The number of rotatable bonds is 7. The molecule has 0 aliphatic rings. The van der Waals surface area contributed by atoms with Crippen LogP contribution < -0.4 is 5.14 Å². The molecule has 2 aromatic rings. The zero-order valence-corrected chi connectivity index (χ0v) is 15.4. The van der Waals surface area contributed by atoms with Gasteiger partial charge in [-0.25, -0.2) is 18.5 Å². The first kappa shape index (κ1) is 18.0. The van der Waals surface area contributed by atoms with Gasteiger partial charge in [-0.15, -0.1) is 0 Å². The predicted octanol–water partition coefficient (Wildman–Crippen LogP) is 3.54. The number of aromatic nitrogens is 2. The molecule has 0 aliphatic carbocycles. The van der Waals surface area contributed by atoms with Gasteiger partial charge < -0.3 is 4.57 Å². The molecule has 126 valence electrons. The molecule has 0 saturated heterocycles. The third-order valence-electron chi connectivity index (χ3n) is 3.45. The van der Waals surface area contributed by atoms with Crippen LogP contribution in [-0.4, -0.2) is 23.7 Å². The molecule has 2 rings (SSSR count). The number of allylic oxidation sites excluding steroid dienone is 1. The van der Waals surface area contributed by atoms with Crippen molar-refractivity contribution in [2.45, 2.75) is 50.2 Å². The van der Waals surface area contributed by atoms with Crippen LogP contribution in [-0.2, 0) is 16.6 Å². The second-order valence-electron chi connectivity index (χ2n) is 5.69. The van der Waals surface area contributed by atoms with Gasteiger partial charge in [-0.1, -0.05) is 36.8 Å². The molecule has 0 bridgehead atoms. The summed E-state index contributed by atoms with van der Waals surface area (Å²) in [5, 5.41) is 6.13. The number of nitrogens with two attached hydrogens (primary N) is 1. The van der Waals surface area contributed by atoms with Crippen molar-refractivity contribution in [3.8, 4) is 0 Å². The van der Waals surface area contributed by atoms with Gasteiger partial charge >= 0.3 is 0 Å². The van der Waals surface area contributed by atoms with Crippen LogP contribution in [0.15, 0.2) is 39.9 Å². The number of thioether (sulfide) groups is 1. The molecule has 5 nitrogen and oxygen atoms in total. The summed E-state index contributed by atoms with van der Waals surface area (Å²) in [5.74, 6) is 0.847. The first-order valence-corrected chi connectivity index (χ1v) is 10.2. The van der Waals surface area contributed by atoms with Gasteiger partial charge in [-0.05, 0) is 38.5 Å². The van der Waals surface area contributed by atoms with Crippen LogP contribution in [0, 0.1) is 0 Å². The molecule has 0 fully saturated rings. The fraction of sp³-hybridized carbons (Fsp3) is 0.438. The first-order chi connectivity index (χ1) is 10.8. The lowest BCUT2D eigenvalue weighted by atomic mass is 10.3. The number of primary sulfonamides is 1. The Kier molecular flexibility index (Phi) is 5.89. The van der Waals surface area contributed by atoms with E-state index < -0.39 is 10.0 Å². The largest absolute Gasteiger partial charge is 0.319 e. The van der Waals surface area contributed by atoms with Gasteiger partial charge in [-0.2, -0.15) is 0 Å². The molecular weight excluding hydrogens is 330 g/mol. The van der Waals surface area contributed by atoms with Crippen molar-refractivity contribution in [3.05, 3.63) is 29.8 Å². The summed E-state index contributed by atoms with van der Waals surface area (Å²) in [6, 6.07) is 4.90. The van der Waals surface area contributed by atoms with Gasteiger partial charge in [0, 0.05) is 12.3 Å². The number of sulfonamides is 1. The highest BCUT2D eigenvalue weighted by atomic mass is 32.2. The third kappa shape index (κ3) is 4.59. The Labute approximate surface area is 142 Å². The molecule has 0 radical (unpaired) electrons. The van der Waals surface area contributed by atoms with E-state index in [1.54, 1.807) is 30.0 Å². The average molecular weight is 354 g/mol. The van der Waals surface area contributed by atoms with Gasteiger partial charge in [0.25, 0.3) is 0 Å². The fourth-order valence-corrected chi connectivity index (χ4v) is 3.80. The van der Waals surface area contributed by atoms with Gasteiger partial charge in [0.1, 0.15) is 0 Å². The summed E-state index contributed by atoms with van der Waals surface area (Å²) in [4.78, 5) is 4.72. The van der Waals surface area contributed by atoms with Crippen molar-refractivity contribution in [3.63, 3.8) is 0 Å². The maximum Gasteiger partial charge on any atom is 0.238 e. The van der Waals surface area contributed by atoms with Gasteiger partial charge in [0.15, 0.2) is 5.16 Å². The number of imidazole rings is 1. The lowest BCUT2D eigenvalue weighted by molar-refractivity contribution is 0.598. The SMILES string of the molecule is CCCCn1c(SCC=C(C)C)nc2cc(S(N)(=O)=O)ccc21. The molecule has 0 atom stereocenters. The van der Waals surface area contributed by atoms with E-state index in [-0.39, 0.29) is 4.90 Å². The molecule has 0 spiro atoms. The molecule has 23 heavy (non-hydrogen) atoms. The maximum absolute atomic E-state index is 11.5. The Hall–Kier alpha value is -1.31. The van der Waals surface area contributed by atoms with Gasteiger partial charge in [0.2, 0.25) is 10.0 Å². The van der Waals surface area contributed by atoms with Crippen LogP contribution in [0.25, 0.3) is 11.0 Å². The van der Waals surface area contributed by atoms with Crippen LogP contribution in [0.5, 0.6) is 0 Å². The van der Waals surface area contributed by atoms with Crippen LogP contribution in [0.1, 0.15) is 33.6 Å². The minimum Gasteiger partial charge on any atom is -0.319 e. The minimum atomic E-state index is -3.71. The summed E-state index contributed by atoms with van der Waals surface area (Å²) in [7, 11) is -3.71. The van der Waals surface area contributed by atoms with Crippen LogP contribution in [0.2, 0.25) is 0 Å². The molecule has 1 heterocycles. The number of hydrogen-bond acceptors (Lipinski definition) is 4. The second-order valence-corrected chi connectivity index (χ2v) is 8.24. The smallest absolute Gasteiger partial charge is 0.238 e. The molecule has 1 aromatic heterocycles. The summed E-state index contributed by atoms with van der Waals surface area (Å²) < 4.78 is 25.2. The van der Waals surface area contributed by atoms with Crippen molar-refractivity contribution < 1.29 is 8.42 Å². The summed E-state index contributed by atoms with van der Waals surface area (Å²) >= 11 is 1.66. The van der Waals surface area contributed by atoms with Crippen molar-refractivity contribution in [2.75, 3.05) is 5.75 Å². The first-order valence-electron chi connectivity index (χ1n) is 7.62. The van der Waals surface area contributed by atoms with Crippen molar-refractivity contribution in [1.82, 2.24) is 9.55 Å². The quantitative estimate of drug-likeness (QED) is 0.610. The number of benzene rings is 1. The van der Waals surface area contributed by atoms with E-state index >= 15 is 0 Å². The summed E-state index contributed by atoms with van der Waals surface area (Å²) in [6.07, 6.45) is 4.30. The Morgan fingerprint density at radius 2 is 2.13 bits per heavy atom. The molecule has 2 N–H and O–H groups in total. The normalized spacial score (nSPS) is 11.8. The Morgan fingerprint density at radius 1 is 1.39 bits per heavy atom. The number of aryl methyl sites for hydroxylation is 1. The monoisotopic (exact) mass is 353 g/mol. The minimum absolute atomic E-state index is 0.103. The van der Waals surface area contributed by atoms with Gasteiger partial charge in [-0.3, -0.25) is 0 Å². The maximum atomic E-state index is 11.5. The topological polar surface area (TPSA) is 78.0 Å². The molecule has 0 aliphatic heterocycles. The highest BCUT2D eigenvalue weighted by molar-refractivity contribution is 7.99. The zero-order chi connectivity index (χ0) is 17.0. The number of fused-ring (bicyclic) bond motifs is 1. The van der Waals surface area contributed by atoms with E-state index in [1.807, 2.05) is 0 Å². The molecular formula is C16H23N3O2S2. The molecule has 1 aromatic carbocycles. The zero-order valence-electron chi connectivity index (χ0n) is 13.7. The summed E-state index contributed by atoms with van der Waals surface area (Å²) in [5.41, 5.74) is 2.89. The second kappa shape index (κ2) is 7.51. The Bertz CT molecular complexity index is 819. The molecule has 0 saturated carbocycles. The van der Waals surface area contributed by atoms with E-state index in [0.29, 0.717) is 5.52 Å². The standard InChI is InChI=1S/C16H23N3O2S2/c1-4-5-9-19-15-7-6-13(23(17,20)21)11-14(15)18-16(19)22-10-8-12(2)3/h6-8,11H,4-5,9-10H2,1-3H3,(H2,17,20,21). The van der Waals surface area contributed by atoms with E-state index in [1.165, 1.54) is 5.57 Å². The van der Waals surface area contributed by atoms with Crippen molar-refractivity contribution in [1.29, 1.82) is 0 Å². The van der Waals surface area contributed by atoms with Crippen LogP contribution in [0.4, 0.5) is 0 Å². The van der Waals surface area contributed by atoms with Crippen LogP contribution in [0.3, 0.4) is 0 Å². The van der Waals surface area contributed by atoms with E-state index in [2.05, 4.69) is 36.4 Å². The fourth-order valence-electron chi connectivity index (χ4n) is 2.19. The number of unbranched alkanes of at least 4 members (excludes halogenated alkanes) is 1. The molecule has 7 heteroatoms. The number of hydrogen-bond donors (Lipinski definition) is 1. The molecule has 0 unspecified atom stereocenters. The summed E-state index contributed by atoms with van der Waals surface area (Å²) in [6.45, 7) is 7.16. The Balaban J connectivity index is 2.44. The van der Waals surface area contributed by atoms with Gasteiger partial charge in [0.05, 0.1) is 15.9 Å². The highest BCUT2D eigenvalue weighted by Crippen LogP contribution is 2.26. The van der Waals surface area contributed by atoms with E-state index in [4.69, 9.17) is 5.14 Å². The third-order valence-corrected chi connectivity index (χ3v) is 5.27.